The van der Waals surface area contributed by atoms with Gasteiger partial charge >= 0.3 is 0 Å². The molecular formula is C21H28Cl2N2. The van der Waals surface area contributed by atoms with Crippen LogP contribution in [0.4, 0.5) is 0 Å². The van der Waals surface area contributed by atoms with Crippen LogP contribution < -0.4 is 0 Å². The van der Waals surface area contributed by atoms with Crippen molar-refractivity contribution in [1.82, 2.24) is 9.80 Å². The highest BCUT2D eigenvalue weighted by Crippen LogP contribution is 2.47. The van der Waals surface area contributed by atoms with Crippen LogP contribution >= 0.6 is 24.8 Å². The topological polar surface area (TPSA) is 6.48 Å². The van der Waals surface area contributed by atoms with E-state index in [9.17, 15) is 0 Å². The van der Waals surface area contributed by atoms with Crippen LogP contribution in [-0.4, -0.2) is 43.0 Å². The largest absolute Gasteiger partial charge is 0.306 e. The fourth-order valence-corrected chi connectivity index (χ4v) is 4.66. The fourth-order valence-electron chi connectivity index (χ4n) is 4.66. The molecule has 2 unspecified atom stereocenters. The maximum absolute atomic E-state index is 2.74. The SMILES string of the molecule is CN(C)C1CCN2CCc3ccccc3C2(c2ccccc2)C1.Cl.Cl. The predicted molar refractivity (Wildman–Crippen MR) is 110 cm³/mol. The summed E-state index contributed by atoms with van der Waals surface area (Å²) in [6.07, 6.45) is 3.63. The first-order valence-electron chi connectivity index (χ1n) is 8.77. The molecule has 0 radical (unpaired) electrons. The Hall–Kier alpha value is -1.06. The summed E-state index contributed by atoms with van der Waals surface area (Å²) >= 11 is 0. The lowest BCUT2D eigenvalue weighted by Crippen LogP contribution is -2.58. The quantitative estimate of drug-likeness (QED) is 0.765. The third-order valence-corrected chi connectivity index (χ3v) is 5.90. The van der Waals surface area contributed by atoms with Gasteiger partial charge in [0, 0.05) is 19.1 Å². The minimum atomic E-state index is 0. The number of benzene rings is 2. The Morgan fingerprint density at radius 2 is 1.60 bits per heavy atom. The van der Waals surface area contributed by atoms with Gasteiger partial charge < -0.3 is 4.90 Å². The maximum Gasteiger partial charge on any atom is 0.0733 e. The van der Waals surface area contributed by atoms with Gasteiger partial charge in [-0.2, -0.15) is 0 Å². The van der Waals surface area contributed by atoms with Crippen LogP contribution in [0.5, 0.6) is 0 Å². The second-order valence-corrected chi connectivity index (χ2v) is 7.23. The summed E-state index contributed by atoms with van der Waals surface area (Å²) in [5, 5.41) is 0. The van der Waals surface area contributed by atoms with Crippen LogP contribution in [0.2, 0.25) is 0 Å². The number of rotatable bonds is 2. The van der Waals surface area contributed by atoms with E-state index in [-0.39, 0.29) is 30.4 Å². The van der Waals surface area contributed by atoms with Gasteiger partial charge in [0.05, 0.1) is 5.54 Å². The molecule has 2 atom stereocenters. The Morgan fingerprint density at radius 3 is 2.32 bits per heavy atom. The highest BCUT2D eigenvalue weighted by atomic mass is 35.5. The summed E-state index contributed by atoms with van der Waals surface area (Å²) < 4.78 is 0. The van der Waals surface area contributed by atoms with Crippen LogP contribution in [0.25, 0.3) is 0 Å². The summed E-state index contributed by atoms with van der Waals surface area (Å²) in [5.74, 6) is 0. The number of fused-ring (bicyclic) bond motifs is 3. The maximum atomic E-state index is 2.74. The molecule has 136 valence electrons. The fraction of sp³-hybridized carbons (Fsp3) is 0.429. The average molecular weight is 379 g/mol. The molecule has 2 aromatic carbocycles. The van der Waals surface area contributed by atoms with Crippen molar-refractivity contribution in [3.8, 4) is 0 Å². The number of hydrogen-bond acceptors (Lipinski definition) is 2. The second-order valence-electron chi connectivity index (χ2n) is 7.23. The summed E-state index contributed by atoms with van der Waals surface area (Å²) in [4.78, 5) is 5.16. The standard InChI is InChI=1S/C21H26N2.2ClH/c1-22(2)19-13-15-23-14-12-17-8-6-7-11-20(17)21(23,16-19)18-9-4-3-5-10-18;;/h3-11,19H,12-16H2,1-2H3;2*1H. The minimum absolute atomic E-state index is 0. The zero-order valence-corrected chi connectivity index (χ0v) is 16.7. The van der Waals surface area contributed by atoms with Gasteiger partial charge in [-0.25, -0.2) is 0 Å². The Bertz CT molecular complexity index is 689. The first-order valence-corrected chi connectivity index (χ1v) is 8.77. The first kappa shape index (κ1) is 20.3. The van der Waals surface area contributed by atoms with E-state index in [0.717, 1.165) is 0 Å². The van der Waals surface area contributed by atoms with Gasteiger partial charge in [0.15, 0.2) is 0 Å². The lowest BCUT2D eigenvalue weighted by Gasteiger charge is -2.54. The molecule has 4 rings (SSSR count). The van der Waals surface area contributed by atoms with E-state index in [4.69, 9.17) is 0 Å². The van der Waals surface area contributed by atoms with Gasteiger partial charge in [0.25, 0.3) is 0 Å². The van der Waals surface area contributed by atoms with Crippen molar-refractivity contribution in [2.45, 2.75) is 30.8 Å². The van der Waals surface area contributed by atoms with Crippen molar-refractivity contribution >= 4 is 24.8 Å². The molecule has 1 fully saturated rings. The highest BCUT2D eigenvalue weighted by molar-refractivity contribution is 5.85. The van der Waals surface area contributed by atoms with Crippen molar-refractivity contribution < 1.29 is 0 Å². The normalized spacial score (nSPS) is 25.3. The van der Waals surface area contributed by atoms with E-state index in [0.29, 0.717) is 6.04 Å². The zero-order chi connectivity index (χ0) is 15.9. The summed E-state index contributed by atoms with van der Waals surface area (Å²) in [6, 6.07) is 20.9. The third-order valence-electron chi connectivity index (χ3n) is 5.90. The van der Waals surface area contributed by atoms with Crippen molar-refractivity contribution in [2.24, 2.45) is 0 Å². The summed E-state index contributed by atoms with van der Waals surface area (Å²) in [6.45, 7) is 2.36. The average Bonchev–Trinajstić information content (AvgIpc) is 2.61. The number of piperidine rings is 1. The van der Waals surface area contributed by atoms with Gasteiger partial charge in [-0.1, -0.05) is 54.6 Å². The summed E-state index contributed by atoms with van der Waals surface area (Å²) in [5.41, 5.74) is 4.57. The Kier molecular flexibility index (Phi) is 6.56. The first-order chi connectivity index (χ1) is 11.2. The molecule has 0 saturated carbocycles. The van der Waals surface area contributed by atoms with Crippen molar-refractivity contribution in [1.29, 1.82) is 0 Å². The van der Waals surface area contributed by atoms with Crippen LogP contribution in [0.15, 0.2) is 54.6 Å². The number of hydrogen-bond donors (Lipinski definition) is 0. The van der Waals surface area contributed by atoms with E-state index >= 15 is 0 Å². The van der Waals surface area contributed by atoms with E-state index < -0.39 is 0 Å². The van der Waals surface area contributed by atoms with Crippen LogP contribution in [0.1, 0.15) is 29.5 Å². The second kappa shape index (κ2) is 8.09. The summed E-state index contributed by atoms with van der Waals surface area (Å²) in [7, 11) is 4.46. The Labute approximate surface area is 164 Å². The molecule has 0 bridgehead atoms. The van der Waals surface area contributed by atoms with Crippen LogP contribution in [-0.2, 0) is 12.0 Å². The van der Waals surface area contributed by atoms with Gasteiger partial charge in [-0.05, 0) is 50.0 Å². The van der Waals surface area contributed by atoms with Crippen LogP contribution in [0.3, 0.4) is 0 Å². The molecule has 0 aliphatic carbocycles. The predicted octanol–water partition coefficient (Wildman–Crippen LogP) is 4.36. The lowest BCUT2D eigenvalue weighted by molar-refractivity contribution is 0.0245. The van der Waals surface area contributed by atoms with Gasteiger partial charge in [-0.15, -0.1) is 24.8 Å². The molecule has 2 aromatic rings. The van der Waals surface area contributed by atoms with Gasteiger partial charge in [-0.3, -0.25) is 4.90 Å². The van der Waals surface area contributed by atoms with Crippen molar-refractivity contribution in [3.63, 3.8) is 0 Å². The molecule has 25 heavy (non-hydrogen) atoms. The van der Waals surface area contributed by atoms with Gasteiger partial charge in [0.2, 0.25) is 0 Å². The monoisotopic (exact) mass is 378 g/mol. The van der Waals surface area contributed by atoms with Crippen molar-refractivity contribution in [2.75, 3.05) is 27.2 Å². The Balaban J connectivity index is 0.00000113. The highest BCUT2D eigenvalue weighted by Gasteiger charge is 2.48. The molecule has 2 nitrogen and oxygen atoms in total. The molecule has 2 heterocycles. The molecular weight excluding hydrogens is 351 g/mol. The molecule has 0 amide bonds. The third kappa shape index (κ3) is 3.33. The zero-order valence-electron chi connectivity index (χ0n) is 15.0. The molecule has 2 aliphatic rings. The smallest absolute Gasteiger partial charge is 0.0733 e. The molecule has 1 saturated heterocycles. The van der Waals surface area contributed by atoms with E-state index in [1.54, 1.807) is 0 Å². The lowest BCUT2D eigenvalue weighted by atomic mass is 9.69. The van der Waals surface area contributed by atoms with E-state index in [2.05, 4.69) is 78.5 Å². The van der Waals surface area contributed by atoms with E-state index in [1.807, 2.05) is 0 Å². The molecule has 2 aliphatic heterocycles. The molecule has 0 N–H and O–H groups in total. The molecule has 0 aromatic heterocycles. The number of halogens is 2. The van der Waals surface area contributed by atoms with Gasteiger partial charge in [0.1, 0.15) is 0 Å². The van der Waals surface area contributed by atoms with Crippen molar-refractivity contribution in [3.05, 3.63) is 71.3 Å². The minimum Gasteiger partial charge on any atom is -0.306 e. The molecule has 4 heteroatoms. The molecule has 0 spiro atoms. The van der Waals surface area contributed by atoms with E-state index in [1.165, 1.54) is 49.0 Å². The number of nitrogens with zero attached hydrogens (tertiary/aromatic N) is 2. The Morgan fingerprint density at radius 1 is 0.920 bits per heavy atom. The van der Waals surface area contributed by atoms with Crippen LogP contribution in [0, 0.1) is 0 Å².